The molecule has 82 valence electrons. The number of ketones is 1. The van der Waals surface area contributed by atoms with Crippen molar-refractivity contribution in [3.63, 3.8) is 0 Å². The molecule has 15 heavy (non-hydrogen) atoms. The molecule has 0 aliphatic rings. The number of nitrogens with zero attached hydrogens (tertiary/aromatic N) is 2. The first-order chi connectivity index (χ1) is 7.08. The van der Waals surface area contributed by atoms with Gasteiger partial charge in [0.05, 0.1) is 18.7 Å². The van der Waals surface area contributed by atoms with E-state index in [2.05, 4.69) is 9.97 Å². The van der Waals surface area contributed by atoms with E-state index in [9.17, 15) is 4.79 Å². The number of ether oxygens (including phenoxy) is 1. The van der Waals surface area contributed by atoms with Crippen molar-refractivity contribution >= 4 is 5.78 Å². The summed E-state index contributed by atoms with van der Waals surface area (Å²) in [6, 6.07) is 1.72. The number of aryl methyl sites for hydroxylation is 1. The third-order valence-electron chi connectivity index (χ3n) is 2.30. The Labute approximate surface area is 89.7 Å². The first-order valence-electron chi connectivity index (χ1n) is 4.98. The molecular weight excluding hydrogens is 192 g/mol. The highest BCUT2D eigenvalue weighted by Gasteiger charge is 2.17. The zero-order valence-electron chi connectivity index (χ0n) is 9.57. The molecule has 0 aliphatic heterocycles. The van der Waals surface area contributed by atoms with Crippen molar-refractivity contribution in [1.82, 2.24) is 9.97 Å². The smallest absolute Gasteiger partial charge is 0.216 e. The van der Waals surface area contributed by atoms with Crippen LogP contribution in [0.5, 0.6) is 5.88 Å². The molecule has 4 heteroatoms. The van der Waals surface area contributed by atoms with Crippen molar-refractivity contribution in [2.45, 2.75) is 33.1 Å². The minimum Gasteiger partial charge on any atom is -0.481 e. The van der Waals surface area contributed by atoms with Crippen LogP contribution < -0.4 is 4.74 Å². The predicted molar refractivity (Wildman–Crippen MR) is 57.0 cm³/mol. The van der Waals surface area contributed by atoms with Gasteiger partial charge < -0.3 is 4.74 Å². The molecule has 1 atom stereocenters. The zero-order valence-corrected chi connectivity index (χ0v) is 9.57. The molecule has 1 unspecified atom stereocenters. The Morgan fingerprint density at radius 1 is 1.53 bits per heavy atom. The summed E-state index contributed by atoms with van der Waals surface area (Å²) in [5.41, 5.74) is 0.745. The second kappa shape index (κ2) is 4.87. The van der Waals surface area contributed by atoms with Crippen LogP contribution in [0, 0.1) is 6.92 Å². The van der Waals surface area contributed by atoms with Crippen molar-refractivity contribution in [1.29, 1.82) is 0 Å². The third-order valence-corrected chi connectivity index (χ3v) is 2.30. The standard InChI is InChI=1S/C11H16N2O2/c1-5-9(7(2)14)10-6-11(15-4)13-8(3)12-10/h6,9H,5H2,1-4H3. The third kappa shape index (κ3) is 2.75. The Balaban J connectivity index is 3.11. The molecule has 0 saturated heterocycles. The topological polar surface area (TPSA) is 52.1 Å². The molecular formula is C11H16N2O2. The second-order valence-electron chi connectivity index (χ2n) is 3.45. The predicted octanol–water partition coefficient (Wildman–Crippen LogP) is 1.88. The van der Waals surface area contributed by atoms with E-state index in [1.54, 1.807) is 27.0 Å². The summed E-state index contributed by atoms with van der Waals surface area (Å²) in [5, 5.41) is 0. The number of aromatic nitrogens is 2. The van der Waals surface area contributed by atoms with Gasteiger partial charge in [0, 0.05) is 6.07 Å². The lowest BCUT2D eigenvalue weighted by Crippen LogP contribution is -2.11. The molecule has 0 aromatic carbocycles. The van der Waals surface area contributed by atoms with Crippen LogP contribution in [-0.4, -0.2) is 22.9 Å². The van der Waals surface area contributed by atoms with Gasteiger partial charge in [-0.15, -0.1) is 0 Å². The van der Waals surface area contributed by atoms with Crippen LogP contribution >= 0.6 is 0 Å². The molecule has 0 aliphatic carbocycles. The van der Waals surface area contributed by atoms with Gasteiger partial charge in [-0.25, -0.2) is 4.98 Å². The zero-order chi connectivity index (χ0) is 11.4. The number of carbonyl (C=O) groups excluding carboxylic acids is 1. The quantitative estimate of drug-likeness (QED) is 0.758. The molecule has 1 aromatic heterocycles. The summed E-state index contributed by atoms with van der Waals surface area (Å²) in [4.78, 5) is 19.7. The Morgan fingerprint density at radius 3 is 2.67 bits per heavy atom. The first kappa shape index (κ1) is 11.6. The fourth-order valence-electron chi connectivity index (χ4n) is 1.55. The maximum absolute atomic E-state index is 11.4. The van der Waals surface area contributed by atoms with Gasteiger partial charge in [0.15, 0.2) is 0 Å². The second-order valence-corrected chi connectivity index (χ2v) is 3.45. The van der Waals surface area contributed by atoms with E-state index in [-0.39, 0.29) is 11.7 Å². The van der Waals surface area contributed by atoms with E-state index in [4.69, 9.17) is 4.74 Å². The first-order valence-corrected chi connectivity index (χ1v) is 4.98. The molecule has 0 saturated carbocycles. The highest BCUT2D eigenvalue weighted by atomic mass is 16.5. The van der Waals surface area contributed by atoms with Crippen LogP contribution in [0.1, 0.15) is 37.7 Å². The van der Waals surface area contributed by atoms with Gasteiger partial charge >= 0.3 is 0 Å². The lowest BCUT2D eigenvalue weighted by atomic mass is 9.98. The highest BCUT2D eigenvalue weighted by Crippen LogP contribution is 2.21. The lowest BCUT2D eigenvalue weighted by molar-refractivity contribution is -0.118. The molecule has 0 N–H and O–H groups in total. The minimum absolute atomic E-state index is 0.123. The fourth-order valence-corrected chi connectivity index (χ4v) is 1.55. The van der Waals surface area contributed by atoms with Crippen molar-refractivity contribution in [2.75, 3.05) is 7.11 Å². The number of hydrogen-bond acceptors (Lipinski definition) is 4. The Bertz CT molecular complexity index is 364. The maximum atomic E-state index is 11.4. The largest absolute Gasteiger partial charge is 0.481 e. The lowest BCUT2D eigenvalue weighted by Gasteiger charge is -2.11. The fraction of sp³-hybridized carbons (Fsp3) is 0.545. The number of methoxy groups -OCH3 is 1. The summed E-state index contributed by atoms with van der Waals surface area (Å²) in [7, 11) is 1.56. The summed E-state index contributed by atoms with van der Waals surface area (Å²) >= 11 is 0. The highest BCUT2D eigenvalue weighted by molar-refractivity contribution is 5.82. The monoisotopic (exact) mass is 208 g/mol. The summed E-state index contributed by atoms with van der Waals surface area (Å²) in [6.07, 6.45) is 0.745. The molecule has 1 aromatic rings. The van der Waals surface area contributed by atoms with Gasteiger partial charge in [-0.2, -0.15) is 4.98 Å². The van der Waals surface area contributed by atoms with Crippen LogP contribution in [0.2, 0.25) is 0 Å². The maximum Gasteiger partial charge on any atom is 0.216 e. The van der Waals surface area contributed by atoms with E-state index in [1.165, 1.54) is 0 Å². The van der Waals surface area contributed by atoms with Gasteiger partial charge in [0.2, 0.25) is 5.88 Å². The van der Waals surface area contributed by atoms with E-state index >= 15 is 0 Å². The molecule has 0 radical (unpaired) electrons. The molecule has 4 nitrogen and oxygen atoms in total. The SMILES string of the molecule is CCC(C(C)=O)c1cc(OC)nc(C)n1. The van der Waals surface area contributed by atoms with Crippen molar-refractivity contribution in [3.05, 3.63) is 17.6 Å². The molecule has 0 spiro atoms. The Hall–Kier alpha value is -1.45. The van der Waals surface area contributed by atoms with Gasteiger partial charge in [-0.05, 0) is 20.3 Å². The number of carbonyl (C=O) groups is 1. The van der Waals surface area contributed by atoms with Crippen LogP contribution in [0.25, 0.3) is 0 Å². The number of hydrogen-bond donors (Lipinski definition) is 0. The van der Waals surface area contributed by atoms with E-state index in [0.717, 1.165) is 12.1 Å². The van der Waals surface area contributed by atoms with Gasteiger partial charge in [0.1, 0.15) is 11.6 Å². The Kier molecular flexibility index (Phi) is 3.77. The van der Waals surface area contributed by atoms with Crippen LogP contribution in [0.15, 0.2) is 6.07 Å². The molecule has 0 bridgehead atoms. The van der Waals surface area contributed by atoms with Gasteiger partial charge in [-0.3, -0.25) is 4.79 Å². The molecule has 0 amide bonds. The Morgan fingerprint density at radius 2 is 2.20 bits per heavy atom. The van der Waals surface area contributed by atoms with Gasteiger partial charge in [0.25, 0.3) is 0 Å². The van der Waals surface area contributed by atoms with E-state index in [0.29, 0.717) is 11.7 Å². The summed E-state index contributed by atoms with van der Waals surface area (Å²) in [5.74, 6) is 1.11. The number of rotatable bonds is 4. The van der Waals surface area contributed by atoms with E-state index < -0.39 is 0 Å². The van der Waals surface area contributed by atoms with E-state index in [1.807, 2.05) is 6.92 Å². The van der Waals surface area contributed by atoms with Crippen molar-refractivity contribution in [3.8, 4) is 5.88 Å². The number of Topliss-reactive ketones (excluding diaryl/α,β-unsaturated/α-hetero) is 1. The van der Waals surface area contributed by atoms with Crippen molar-refractivity contribution < 1.29 is 9.53 Å². The average molecular weight is 208 g/mol. The summed E-state index contributed by atoms with van der Waals surface area (Å²) < 4.78 is 5.05. The van der Waals surface area contributed by atoms with Crippen LogP contribution in [0.4, 0.5) is 0 Å². The summed E-state index contributed by atoms with van der Waals surface area (Å²) in [6.45, 7) is 5.34. The van der Waals surface area contributed by atoms with Crippen molar-refractivity contribution in [2.24, 2.45) is 0 Å². The van der Waals surface area contributed by atoms with Crippen LogP contribution in [0.3, 0.4) is 0 Å². The molecule has 0 fully saturated rings. The average Bonchev–Trinajstić information content (AvgIpc) is 2.17. The normalized spacial score (nSPS) is 12.3. The molecule has 1 heterocycles. The minimum atomic E-state index is -0.152. The molecule has 1 rings (SSSR count). The van der Waals surface area contributed by atoms with Gasteiger partial charge in [-0.1, -0.05) is 6.92 Å². The van der Waals surface area contributed by atoms with Crippen LogP contribution in [-0.2, 0) is 4.79 Å².